The maximum atomic E-state index is 12.2. The molecular weight excluding hydrogens is 356 g/mol. The van der Waals surface area contributed by atoms with E-state index >= 15 is 0 Å². The number of benzene rings is 1. The Bertz CT molecular complexity index is 914. The molecule has 2 heterocycles. The molecule has 0 fully saturated rings. The highest BCUT2D eigenvalue weighted by atomic mass is 32.1. The number of ether oxygens (including phenoxy) is 3. The van der Waals surface area contributed by atoms with Crippen LogP contribution < -0.4 is 19.5 Å². The molecule has 0 aliphatic rings. The van der Waals surface area contributed by atoms with Gasteiger partial charge in [0.15, 0.2) is 22.3 Å². The van der Waals surface area contributed by atoms with Crippen LogP contribution >= 0.6 is 11.3 Å². The van der Waals surface area contributed by atoms with Crippen LogP contribution in [0.1, 0.15) is 10.5 Å². The molecule has 3 rings (SSSR count). The van der Waals surface area contributed by atoms with Crippen LogP contribution in [0.15, 0.2) is 35.8 Å². The van der Waals surface area contributed by atoms with E-state index in [1.165, 1.54) is 17.5 Å². The molecule has 8 nitrogen and oxygen atoms in total. The average molecular weight is 372 g/mol. The number of thiazole rings is 1. The van der Waals surface area contributed by atoms with Crippen molar-refractivity contribution in [1.82, 2.24) is 15.2 Å². The van der Waals surface area contributed by atoms with E-state index in [1.54, 1.807) is 45.6 Å². The fourth-order valence-electron chi connectivity index (χ4n) is 2.27. The molecule has 0 saturated carbocycles. The third-order valence-electron chi connectivity index (χ3n) is 3.51. The summed E-state index contributed by atoms with van der Waals surface area (Å²) in [6, 6.07) is 6.73. The topological polar surface area (TPSA) is 95.5 Å². The molecule has 1 aromatic carbocycles. The van der Waals surface area contributed by atoms with Gasteiger partial charge in [-0.25, -0.2) is 4.98 Å². The average Bonchev–Trinajstić information content (AvgIpc) is 3.15. The van der Waals surface area contributed by atoms with Gasteiger partial charge < -0.3 is 14.2 Å². The number of methoxy groups -OCH3 is 3. The summed E-state index contributed by atoms with van der Waals surface area (Å²) in [4.78, 5) is 16.6. The molecule has 3 aromatic rings. The van der Waals surface area contributed by atoms with Gasteiger partial charge in [0.25, 0.3) is 5.91 Å². The molecule has 0 aliphatic heterocycles. The zero-order valence-electron chi connectivity index (χ0n) is 14.3. The third kappa shape index (κ3) is 3.57. The second-order valence-corrected chi connectivity index (χ2v) is 5.87. The lowest BCUT2D eigenvalue weighted by Crippen LogP contribution is -2.13. The number of rotatable bonds is 6. The number of carbonyl (C=O) groups excluding carboxylic acids is 1. The lowest BCUT2D eigenvalue weighted by molar-refractivity contribution is 0.102. The monoisotopic (exact) mass is 372 g/mol. The molecule has 0 radical (unpaired) electrons. The zero-order chi connectivity index (χ0) is 18.5. The second kappa shape index (κ2) is 7.79. The van der Waals surface area contributed by atoms with E-state index in [2.05, 4.69) is 20.5 Å². The van der Waals surface area contributed by atoms with E-state index in [0.29, 0.717) is 28.1 Å². The van der Waals surface area contributed by atoms with Crippen LogP contribution in [0.3, 0.4) is 0 Å². The van der Waals surface area contributed by atoms with Crippen molar-refractivity contribution < 1.29 is 19.0 Å². The smallest absolute Gasteiger partial charge is 0.277 e. The lowest BCUT2D eigenvalue weighted by atomic mass is 10.1. The van der Waals surface area contributed by atoms with Gasteiger partial charge in [-0.15, -0.1) is 16.4 Å². The van der Waals surface area contributed by atoms with E-state index in [4.69, 9.17) is 14.2 Å². The van der Waals surface area contributed by atoms with Gasteiger partial charge >= 0.3 is 0 Å². The van der Waals surface area contributed by atoms with Crippen LogP contribution in [0, 0.1) is 0 Å². The molecule has 1 N–H and O–H groups in total. The highest BCUT2D eigenvalue weighted by Crippen LogP contribution is 2.40. The number of anilines is 1. The fourth-order valence-corrected chi connectivity index (χ4v) is 2.97. The van der Waals surface area contributed by atoms with Crippen molar-refractivity contribution in [1.29, 1.82) is 0 Å². The maximum absolute atomic E-state index is 12.2. The van der Waals surface area contributed by atoms with Crippen molar-refractivity contribution >= 4 is 22.4 Å². The standard InChI is InChI=1S/C17H16N4O4S/c1-23-13-8-15(25-3)14(24-2)7-10(13)12-9-26-17(19-12)20-16(22)11-5-4-6-18-21-11/h4-9H,1-3H3,(H,19,20,22). The minimum absolute atomic E-state index is 0.216. The Hall–Kier alpha value is -3.20. The Labute approximate surface area is 153 Å². The van der Waals surface area contributed by atoms with Gasteiger partial charge in [0.1, 0.15) is 5.75 Å². The first-order valence-corrected chi connectivity index (χ1v) is 8.39. The van der Waals surface area contributed by atoms with E-state index in [0.717, 1.165) is 5.56 Å². The van der Waals surface area contributed by atoms with Crippen LogP contribution in [0.25, 0.3) is 11.3 Å². The molecule has 0 saturated heterocycles. The molecular formula is C17H16N4O4S. The van der Waals surface area contributed by atoms with Crippen LogP contribution in [0.4, 0.5) is 5.13 Å². The maximum Gasteiger partial charge on any atom is 0.277 e. The van der Waals surface area contributed by atoms with E-state index in [1.807, 2.05) is 5.38 Å². The van der Waals surface area contributed by atoms with Gasteiger partial charge in [-0.05, 0) is 18.2 Å². The summed E-state index contributed by atoms with van der Waals surface area (Å²) in [6.07, 6.45) is 1.50. The minimum Gasteiger partial charge on any atom is -0.496 e. The summed E-state index contributed by atoms with van der Waals surface area (Å²) in [7, 11) is 4.68. The van der Waals surface area contributed by atoms with Crippen molar-refractivity contribution in [3.63, 3.8) is 0 Å². The van der Waals surface area contributed by atoms with Gasteiger partial charge in [0.05, 0.1) is 27.0 Å². The Morgan fingerprint density at radius 3 is 2.46 bits per heavy atom. The molecule has 26 heavy (non-hydrogen) atoms. The third-order valence-corrected chi connectivity index (χ3v) is 4.27. The molecule has 0 spiro atoms. The first-order chi connectivity index (χ1) is 12.7. The van der Waals surface area contributed by atoms with Gasteiger partial charge in [0.2, 0.25) is 0 Å². The van der Waals surface area contributed by atoms with Gasteiger partial charge in [-0.3, -0.25) is 10.1 Å². The summed E-state index contributed by atoms with van der Waals surface area (Å²) in [6.45, 7) is 0. The van der Waals surface area contributed by atoms with Gasteiger partial charge in [0, 0.05) is 23.2 Å². The normalized spacial score (nSPS) is 10.3. The highest BCUT2D eigenvalue weighted by Gasteiger charge is 2.17. The first kappa shape index (κ1) is 17.6. The number of carbonyl (C=O) groups is 1. The Kier molecular flexibility index (Phi) is 5.28. The van der Waals surface area contributed by atoms with Gasteiger partial charge in [-0.2, -0.15) is 5.10 Å². The van der Waals surface area contributed by atoms with Crippen molar-refractivity contribution in [2.24, 2.45) is 0 Å². The molecule has 0 aliphatic carbocycles. The number of nitrogens with one attached hydrogen (secondary N) is 1. The number of hydrogen-bond acceptors (Lipinski definition) is 8. The molecule has 9 heteroatoms. The van der Waals surface area contributed by atoms with Crippen molar-refractivity contribution in [2.45, 2.75) is 0 Å². The lowest BCUT2D eigenvalue weighted by Gasteiger charge is -2.12. The Balaban J connectivity index is 1.89. The van der Waals surface area contributed by atoms with E-state index in [-0.39, 0.29) is 11.6 Å². The van der Waals surface area contributed by atoms with Crippen molar-refractivity contribution in [2.75, 3.05) is 26.6 Å². The predicted octanol–water partition coefficient (Wildman–Crippen LogP) is 2.88. The second-order valence-electron chi connectivity index (χ2n) is 5.01. The molecule has 0 atom stereocenters. The Morgan fingerprint density at radius 2 is 1.81 bits per heavy atom. The summed E-state index contributed by atoms with van der Waals surface area (Å²) in [5.74, 6) is 1.32. The first-order valence-electron chi connectivity index (χ1n) is 7.51. The number of amides is 1. The Morgan fingerprint density at radius 1 is 1.08 bits per heavy atom. The summed E-state index contributed by atoms with van der Waals surface area (Å²) >= 11 is 1.29. The van der Waals surface area contributed by atoms with E-state index in [9.17, 15) is 4.79 Å². The summed E-state index contributed by atoms with van der Waals surface area (Å²) in [5.41, 5.74) is 1.58. The van der Waals surface area contributed by atoms with Crippen LogP contribution in [0.2, 0.25) is 0 Å². The van der Waals surface area contributed by atoms with E-state index < -0.39 is 0 Å². The number of aromatic nitrogens is 3. The quantitative estimate of drug-likeness (QED) is 0.711. The summed E-state index contributed by atoms with van der Waals surface area (Å²) < 4.78 is 16.0. The molecule has 134 valence electrons. The SMILES string of the molecule is COc1cc(OC)c(-c2csc(NC(=O)c3cccnn3)n2)cc1OC. The fraction of sp³-hybridized carbons (Fsp3) is 0.176. The van der Waals surface area contributed by atoms with Crippen LogP contribution in [0.5, 0.6) is 17.2 Å². The highest BCUT2D eigenvalue weighted by molar-refractivity contribution is 7.14. The molecule has 0 unspecified atom stereocenters. The van der Waals surface area contributed by atoms with Gasteiger partial charge in [-0.1, -0.05) is 0 Å². The predicted molar refractivity (Wildman–Crippen MR) is 97.2 cm³/mol. The molecule has 1 amide bonds. The number of hydrogen-bond donors (Lipinski definition) is 1. The number of nitrogens with zero attached hydrogens (tertiary/aromatic N) is 3. The molecule has 0 bridgehead atoms. The van der Waals surface area contributed by atoms with Crippen LogP contribution in [-0.4, -0.2) is 42.4 Å². The van der Waals surface area contributed by atoms with Crippen molar-refractivity contribution in [3.8, 4) is 28.5 Å². The molecule has 2 aromatic heterocycles. The zero-order valence-corrected chi connectivity index (χ0v) is 15.2. The largest absolute Gasteiger partial charge is 0.496 e. The minimum atomic E-state index is -0.377. The summed E-state index contributed by atoms with van der Waals surface area (Å²) in [5, 5.41) is 12.4. The van der Waals surface area contributed by atoms with Crippen LogP contribution in [-0.2, 0) is 0 Å². The van der Waals surface area contributed by atoms with Crippen molar-refractivity contribution in [3.05, 3.63) is 41.5 Å².